The minimum Gasteiger partial charge on any atom is -0.399 e. The standard InChI is InChI=1S/C15H20N2O4/c1-18-14(19-2)12(9-16)13(15(14,20-3)21-4)10-5-7-11(17)8-6-10/h5-8,12-13H,17H2,1-4H3/t12-,13-/m0/s1. The Hall–Kier alpha value is -1.65. The lowest BCUT2D eigenvalue weighted by Crippen LogP contribution is -2.77. The molecule has 1 aromatic carbocycles. The van der Waals surface area contributed by atoms with Crippen LogP contribution in [0.4, 0.5) is 5.69 Å². The van der Waals surface area contributed by atoms with Crippen LogP contribution in [-0.2, 0) is 18.9 Å². The van der Waals surface area contributed by atoms with Crippen molar-refractivity contribution in [3.8, 4) is 6.07 Å². The van der Waals surface area contributed by atoms with Gasteiger partial charge in [-0.3, -0.25) is 0 Å². The Morgan fingerprint density at radius 2 is 1.43 bits per heavy atom. The fourth-order valence-electron chi connectivity index (χ4n) is 3.29. The zero-order valence-corrected chi connectivity index (χ0v) is 12.6. The molecule has 0 aliphatic heterocycles. The zero-order valence-electron chi connectivity index (χ0n) is 12.6. The highest BCUT2D eigenvalue weighted by atomic mass is 16.8. The van der Waals surface area contributed by atoms with Crippen molar-refractivity contribution in [2.75, 3.05) is 34.2 Å². The molecule has 2 N–H and O–H groups in total. The van der Waals surface area contributed by atoms with E-state index in [0.29, 0.717) is 5.69 Å². The van der Waals surface area contributed by atoms with Crippen molar-refractivity contribution in [2.45, 2.75) is 17.5 Å². The predicted octanol–water partition coefficient (Wildman–Crippen LogP) is 1.48. The van der Waals surface area contributed by atoms with Crippen molar-refractivity contribution in [3.05, 3.63) is 29.8 Å². The summed E-state index contributed by atoms with van der Waals surface area (Å²) in [5, 5.41) is 9.55. The summed E-state index contributed by atoms with van der Waals surface area (Å²) in [5.74, 6) is -3.40. The molecule has 0 saturated heterocycles. The van der Waals surface area contributed by atoms with Gasteiger partial charge in [-0.15, -0.1) is 0 Å². The van der Waals surface area contributed by atoms with Gasteiger partial charge in [-0.05, 0) is 17.7 Å². The summed E-state index contributed by atoms with van der Waals surface area (Å²) in [6.07, 6.45) is 0. The maximum absolute atomic E-state index is 9.55. The Labute approximate surface area is 124 Å². The summed E-state index contributed by atoms with van der Waals surface area (Å²) in [5.41, 5.74) is 7.24. The number of hydrogen-bond acceptors (Lipinski definition) is 6. The van der Waals surface area contributed by atoms with Crippen LogP contribution in [0.2, 0.25) is 0 Å². The molecule has 1 aliphatic rings. The van der Waals surface area contributed by atoms with Crippen LogP contribution in [0.5, 0.6) is 0 Å². The Kier molecular flexibility index (Phi) is 4.21. The summed E-state index contributed by atoms with van der Waals surface area (Å²) >= 11 is 0. The number of nitrogen functional groups attached to an aromatic ring is 1. The molecule has 1 saturated carbocycles. The van der Waals surface area contributed by atoms with Crippen molar-refractivity contribution >= 4 is 5.69 Å². The quantitative estimate of drug-likeness (QED) is 0.653. The minimum absolute atomic E-state index is 0.349. The average molecular weight is 292 g/mol. The van der Waals surface area contributed by atoms with E-state index in [1.54, 1.807) is 12.1 Å². The normalized spacial score (nSPS) is 25.9. The fraction of sp³-hybridized carbons (Fsp3) is 0.533. The molecule has 6 nitrogen and oxygen atoms in total. The molecule has 1 aliphatic carbocycles. The first kappa shape index (κ1) is 15.7. The molecular formula is C15H20N2O4. The van der Waals surface area contributed by atoms with Gasteiger partial charge in [-0.1, -0.05) is 12.1 Å². The third-order valence-corrected chi connectivity index (χ3v) is 4.29. The molecule has 114 valence electrons. The van der Waals surface area contributed by atoms with Crippen molar-refractivity contribution in [3.63, 3.8) is 0 Å². The summed E-state index contributed by atoms with van der Waals surface area (Å²) in [7, 11) is 5.96. The SMILES string of the molecule is COC1(OC)[C@@H](C#N)[C@H](c2ccc(N)cc2)C1(OC)OC. The number of anilines is 1. The topological polar surface area (TPSA) is 86.7 Å². The average Bonchev–Trinajstić information content (AvgIpc) is 2.51. The Morgan fingerprint density at radius 3 is 1.81 bits per heavy atom. The molecule has 0 radical (unpaired) electrons. The predicted molar refractivity (Wildman–Crippen MR) is 76.2 cm³/mol. The number of nitrogens with two attached hydrogens (primary N) is 1. The number of methoxy groups -OCH3 is 4. The van der Waals surface area contributed by atoms with E-state index < -0.39 is 17.5 Å². The molecule has 2 atom stereocenters. The van der Waals surface area contributed by atoms with Gasteiger partial charge in [0.2, 0.25) is 11.6 Å². The molecule has 0 bridgehead atoms. The Balaban J connectivity index is 2.54. The van der Waals surface area contributed by atoms with Crippen LogP contribution in [-0.4, -0.2) is 40.0 Å². The molecule has 21 heavy (non-hydrogen) atoms. The van der Waals surface area contributed by atoms with Crippen molar-refractivity contribution in [2.24, 2.45) is 5.92 Å². The van der Waals surface area contributed by atoms with Crippen molar-refractivity contribution in [1.82, 2.24) is 0 Å². The third kappa shape index (κ3) is 1.86. The van der Waals surface area contributed by atoms with E-state index in [2.05, 4.69) is 6.07 Å². The first-order chi connectivity index (χ1) is 10.1. The molecule has 6 heteroatoms. The van der Waals surface area contributed by atoms with E-state index in [9.17, 15) is 5.26 Å². The van der Waals surface area contributed by atoms with Crippen LogP contribution in [0.25, 0.3) is 0 Å². The lowest BCUT2D eigenvalue weighted by atomic mass is 9.59. The maximum atomic E-state index is 9.55. The van der Waals surface area contributed by atoms with Crippen LogP contribution < -0.4 is 5.73 Å². The summed E-state index contributed by atoms with van der Waals surface area (Å²) in [6, 6.07) is 9.50. The molecule has 2 rings (SSSR count). The summed E-state index contributed by atoms with van der Waals surface area (Å²) < 4.78 is 22.2. The van der Waals surface area contributed by atoms with Gasteiger partial charge in [0.25, 0.3) is 0 Å². The van der Waals surface area contributed by atoms with E-state index in [1.165, 1.54) is 28.4 Å². The lowest BCUT2D eigenvalue weighted by Gasteiger charge is -2.61. The number of ether oxygens (including phenoxy) is 4. The van der Waals surface area contributed by atoms with Gasteiger partial charge in [0.1, 0.15) is 5.92 Å². The molecule has 1 fully saturated rings. The number of benzene rings is 1. The molecule has 0 spiro atoms. The monoisotopic (exact) mass is 292 g/mol. The highest BCUT2D eigenvalue weighted by molar-refractivity contribution is 5.44. The van der Waals surface area contributed by atoms with E-state index in [0.717, 1.165) is 5.56 Å². The fourth-order valence-corrected chi connectivity index (χ4v) is 3.29. The van der Waals surface area contributed by atoms with Gasteiger partial charge in [-0.2, -0.15) is 5.26 Å². The maximum Gasteiger partial charge on any atom is 0.241 e. The minimum atomic E-state index is -1.28. The highest BCUT2D eigenvalue weighted by Crippen LogP contribution is 2.61. The largest absolute Gasteiger partial charge is 0.399 e. The van der Waals surface area contributed by atoms with Gasteiger partial charge < -0.3 is 24.7 Å². The molecule has 0 aromatic heterocycles. The second-order valence-electron chi connectivity index (χ2n) is 4.90. The van der Waals surface area contributed by atoms with Gasteiger partial charge in [0, 0.05) is 34.1 Å². The van der Waals surface area contributed by atoms with Crippen LogP contribution in [0, 0.1) is 17.2 Å². The van der Waals surface area contributed by atoms with E-state index in [-0.39, 0.29) is 5.92 Å². The second kappa shape index (κ2) is 5.62. The molecule has 0 amide bonds. The second-order valence-corrected chi connectivity index (χ2v) is 4.90. The Bertz CT molecular complexity index is 530. The third-order valence-electron chi connectivity index (χ3n) is 4.29. The van der Waals surface area contributed by atoms with Crippen molar-refractivity contribution in [1.29, 1.82) is 5.26 Å². The highest BCUT2D eigenvalue weighted by Gasteiger charge is 2.77. The first-order valence-electron chi connectivity index (χ1n) is 6.52. The van der Waals surface area contributed by atoms with Gasteiger partial charge in [-0.25, -0.2) is 0 Å². The molecular weight excluding hydrogens is 272 g/mol. The first-order valence-corrected chi connectivity index (χ1v) is 6.52. The molecule has 1 aromatic rings. The van der Waals surface area contributed by atoms with Crippen LogP contribution in [0.1, 0.15) is 11.5 Å². The van der Waals surface area contributed by atoms with E-state index >= 15 is 0 Å². The van der Waals surface area contributed by atoms with Gasteiger partial charge in [0.05, 0.1) is 12.0 Å². The van der Waals surface area contributed by atoms with Gasteiger partial charge >= 0.3 is 0 Å². The molecule has 0 unspecified atom stereocenters. The van der Waals surface area contributed by atoms with Crippen LogP contribution >= 0.6 is 0 Å². The number of hydrogen-bond donors (Lipinski definition) is 1. The van der Waals surface area contributed by atoms with Gasteiger partial charge in [0.15, 0.2) is 0 Å². The van der Waals surface area contributed by atoms with E-state index in [4.69, 9.17) is 24.7 Å². The summed E-state index contributed by atoms with van der Waals surface area (Å²) in [4.78, 5) is 0. The van der Waals surface area contributed by atoms with Crippen LogP contribution in [0.3, 0.4) is 0 Å². The molecule has 0 heterocycles. The lowest BCUT2D eigenvalue weighted by molar-refractivity contribution is -0.464. The summed E-state index contributed by atoms with van der Waals surface area (Å²) in [6.45, 7) is 0. The number of nitrogens with zero attached hydrogens (tertiary/aromatic N) is 1. The van der Waals surface area contributed by atoms with Crippen molar-refractivity contribution < 1.29 is 18.9 Å². The van der Waals surface area contributed by atoms with Crippen LogP contribution in [0.15, 0.2) is 24.3 Å². The number of nitriles is 1. The zero-order chi connectivity index (χ0) is 15.7. The smallest absolute Gasteiger partial charge is 0.241 e. The number of rotatable bonds is 5. The van der Waals surface area contributed by atoms with E-state index in [1.807, 2.05) is 12.1 Å². The Morgan fingerprint density at radius 1 is 0.952 bits per heavy atom.